The largest absolute Gasteiger partial charge is 0.355 e. The van der Waals surface area contributed by atoms with Crippen LogP contribution in [0.4, 0.5) is 0 Å². The minimum atomic E-state index is -0.0452. The van der Waals surface area contributed by atoms with Gasteiger partial charge in [-0.1, -0.05) is 51.1 Å². The summed E-state index contributed by atoms with van der Waals surface area (Å²) in [5, 5.41) is 3.02. The molecule has 1 atom stereocenters. The molecule has 0 aromatic heterocycles. The zero-order valence-electron chi connectivity index (χ0n) is 12.3. The van der Waals surface area contributed by atoms with Gasteiger partial charge in [-0.15, -0.1) is 0 Å². The highest BCUT2D eigenvalue weighted by Crippen LogP contribution is 2.21. The maximum absolute atomic E-state index is 11.8. The normalized spacial score (nSPS) is 13.1. The molecule has 19 heavy (non-hydrogen) atoms. The van der Waals surface area contributed by atoms with Crippen LogP contribution < -0.4 is 11.1 Å². The van der Waals surface area contributed by atoms with Gasteiger partial charge in [0.05, 0.1) is 0 Å². The van der Waals surface area contributed by atoms with Gasteiger partial charge in [-0.05, 0) is 24.4 Å². The molecule has 0 saturated carbocycles. The lowest BCUT2D eigenvalue weighted by Gasteiger charge is -2.25. The van der Waals surface area contributed by atoms with Crippen molar-refractivity contribution in [2.24, 2.45) is 11.7 Å². The van der Waals surface area contributed by atoms with Crippen molar-refractivity contribution in [3.8, 4) is 0 Å². The van der Waals surface area contributed by atoms with Gasteiger partial charge >= 0.3 is 0 Å². The molecule has 3 heteroatoms. The van der Waals surface area contributed by atoms with Gasteiger partial charge in [0, 0.05) is 18.4 Å². The van der Waals surface area contributed by atoms with Gasteiger partial charge in [-0.25, -0.2) is 0 Å². The Morgan fingerprint density at radius 2 is 1.95 bits per heavy atom. The molecule has 0 aliphatic carbocycles. The van der Waals surface area contributed by atoms with Crippen molar-refractivity contribution in [2.45, 2.75) is 39.0 Å². The Kier molecular flexibility index (Phi) is 6.03. The summed E-state index contributed by atoms with van der Waals surface area (Å²) in [5.74, 6) is 0.525. The molecule has 1 aromatic carbocycles. The number of hydrogen-bond donors (Lipinski definition) is 2. The number of nitrogens with one attached hydrogen (secondary N) is 1. The van der Waals surface area contributed by atoms with Gasteiger partial charge in [0.1, 0.15) is 0 Å². The molecule has 0 fully saturated rings. The molecule has 1 aromatic rings. The Balaban J connectivity index is 2.41. The SMILES string of the molecule is CC(CN)CCC(=O)NCC(C)(C)c1ccccc1. The molecular weight excluding hydrogens is 236 g/mol. The van der Waals surface area contributed by atoms with E-state index < -0.39 is 0 Å². The first-order valence-corrected chi connectivity index (χ1v) is 6.98. The second kappa shape index (κ2) is 7.29. The van der Waals surface area contributed by atoms with Gasteiger partial charge in [-0.2, -0.15) is 0 Å². The van der Waals surface area contributed by atoms with E-state index in [1.807, 2.05) is 18.2 Å². The van der Waals surface area contributed by atoms with Crippen LogP contribution in [0.1, 0.15) is 39.2 Å². The number of amides is 1. The van der Waals surface area contributed by atoms with Crippen LogP contribution in [0, 0.1) is 5.92 Å². The summed E-state index contributed by atoms with van der Waals surface area (Å²) in [7, 11) is 0. The van der Waals surface area contributed by atoms with E-state index in [4.69, 9.17) is 5.73 Å². The van der Waals surface area contributed by atoms with Gasteiger partial charge in [-0.3, -0.25) is 4.79 Å². The van der Waals surface area contributed by atoms with E-state index in [1.165, 1.54) is 5.56 Å². The Morgan fingerprint density at radius 1 is 1.32 bits per heavy atom. The van der Waals surface area contributed by atoms with Crippen LogP contribution in [0.3, 0.4) is 0 Å². The van der Waals surface area contributed by atoms with E-state index in [1.54, 1.807) is 0 Å². The number of nitrogens with two attached hydrogens (primary N) is 1. The van der Waals surface area contributed by atoms with E-state index in [-0.39, 0.29) is 11.3 Å². The Labute approximate surface area is 116 Å². The molecule has 0 aliphatic rings. The van der Waals surface area contributed by atoms with Crippen molar-refractivity contribution in [2.75, 3.05) is 13.1 Å². The average Bonchev–Trinajstić information content (AvgIpc) is 2.43. The first kappa shape index (κ1) is 15.7. The van der Waals surface area contributed by atoms with Gasteiger partial charge in [0.25, 0.3) is 0 Å². The highest BCUT2D eigenvalue weighted by atomic mass is 16.1. The first-order valence-electron chi connectivity index (χ1n) is 6.98. The lowest BCUT2D eigenvalue weighted by atomic mass is 9.84. The van der Waals surface area contributed by atoms with Crippen molar-refractivity contribution in [3.63, 3.8) is 0 Å². The van der Waals surface area contributed by atoms with Crippen LogP contribution in [-0.2, 0) is 10.2 Å². The number of carbonyl (C=O) groups is 1. The van der Waals surface area contributed by atoms with Gasteiger partial charge in [0.2, 0.25) is 5.91 Å². The molecule has 106 valence electrons. The standard InChI is InChI=1S/C16H26N2O/c1-13(11-17)9-10-15(19)18-12-16(2,3)14-7-5-4-6-8-14/h4-8,13H,9-12,17H2,1-3H3,(H,18,19). The number of carbonyl (C=O) groups excluding carboxylic acids is 1. The summed E-state index contributed by atoms with van der Waals surface area (Å²) in [6.07, 6.45) is 1.41. The van der Waals surface area contributed by atoms with Crippen LogP contribution in [0.25, 0.3) is 0 Å². The molecule has 0 bridgehead atoms. The second-order valence-corrected chi connectivity index (χ2v) is 5.91. The molecule has 0 radical (unpaired) electrons. The summed E-state index contributed by atoms with van der Waals surface area (Å²) in [6, 6.07) is 10.3. The van der Waals surface area contributed by atoms with Crippen LogP contribution in [0.5, 0.6) is 0 Å². The second-order valence-electron chi connectivity index (χ2n) is 5.91. The Bertz CT molecular complexity index is 387. The zero-order valence-corrected chi connectivity index (χ0v) is 12.3. The van der Waals surface area contributed by atoms with Gasteiger partial charge in [0.15, 0.2) is 0 Å². The van der Waals surface area contributed by atoms with Crippen LogP contribution in [0.2, 0.25) is 0 Å². The fourth-order valence-corrected chi connectivity index (χ4v) is 1.89. The molecule has 1 amide bonds. The zero-order chi connectivity index (χ0) is 14.3. The third kappa shape index (κ3) is 5.43. The molecule has 3 N–H and O–H groups in total. The van der Waals surface area contributed by atoms with E-state index >= 15 is 0 Å². The predicted molar refractivity (Wildman–Crippen MR) is 79.9 cm³/mol. The minimum absolute atomic E-state index is 0.0452. The molecule has 0 saturated heterocycles. The summed E-state index contributed by atoms with van der Waals surface area (Å²) >= 11 is 0. The summed E-state index contributed by atoms with van der Waals surface area (Å²) in [4.78, 5) is 11.8. The summed E-state index contributed by atoms with van der Waals surface area (Å²) in [6.45, 7) is 7.66. The van der Waals surface area contributed by atoms with E-state index in [2.05, 4.69) is 38.2 Å². The van der Waals surface area contributed by atoms with Crippen molar-refractivity contribution in [1.29, 1.82) is 0 Å². The van der Waals surface area contributed by atoms with Crippen LogP contribution >= 0.6 is 0 Å². The molecular formula is C16H26N2O. The number of rotatable bonds is 7. The summed E-state index contributed by atoms with van der Waals surface area (Å²) < 4.78 is 0. The lowest BCUT2D eigenvalue weighted by Crippen LogP contribution is -2.36. The van der Waals surface area contributed by atoms with E-state index in [9.17, 15) is 4.79 Å². The first-order chi connectivity index (χ1) is 8.95. The molecule has 1 rings (SSSR count). The van der Waals surface area contributed by atoms with Crippen LogP contribution in [0.15, 0.2) is 30.3 Å². The van der Waals surface area contributed by atoms with Crippen molar-refractivity contribution in [3.05, 3.63) is 35.9 Å². The Morgan fingerprint density at radius 3 is 2.53 bits per heavy atom. The molecule has 0 aliphatic heterocycles. The maximum Gasteiger partial charge on any atom is 0.220 e. The predicted octanol–water partition coefficient (Wildman–Crippen LogP) is 2.46. The van der Waals surface area contributed by atoms with Crippen molar-refractivity contribution < 1.29 is 4.79 Å². The fraction of sp³-hybridized carbons (Fsp3) is 0.562. The topological polar surface area (TPSA) is 55.1 Å². The maximum atomic E-state index is 11.8. The fourth-order valence-electron chi connectivity index (χ4n) is 1.89. The monoisotopic (exact) mass is 262 g/mol. The highest BCUT2D eigenvalue weighted by molar-refractivity contribution is 5.76. The van der Waals surface area contributed by atoms with Gasteiger partial charge < -0.3 is 11.1 Å². The summed E-state index contributed by atoms with van der Waals surface area (Å²) in [5.41, 5.74) is 6.74. The van der Waals surface area contributed by atoms with Crippen molar-refractivity contribution in [1.82, 2.24) is 5.32 Å². The Hall–Kier alpha value is -1.35. The third-order valence-electron chi connectivity index (χ3n) is 3.55. The third-order valence-corrected chi connectivity index (χ3v) is 3.55. The molecule has 0 spiro atoms. The highest BCUT2D eigenvalue weighted by Gasteiger charge is 2.20. The van der Waals surface area contributed by atoms with E-state index in [0.29, 0.717) is 25.4 Å². The molecule has 0 heterocycles. The minimum Gasteiger partial charge on any atom is -0.355 e. The number of hydrogen-bond acceptors (Lipinski definition) is 2. The number of benzene rings is 1. The van der Waals surface area contributed by atoms with E-state index in [0.717, 1.165) is 6.42 Å². The van der Waals surface area contributed by atoms with Crippen LogP contribution in [-0.4, -0.2) is 19.0 Å². The average molecular weight is 262 g/mol. The molecule has 1 unspecified atom stereocenters. The molecule has 3 nitrogen and oxygen atoms in total. The smallest absolute Gasteiger partial charge is 0.220 e. The van der Waals surface area contributed by atoms with Crippen molar-refractivity contribution >= 4 is 5.91 Å². The quantitative estimate of drug-likeness (QED) is 0.793. The lowest BCUT2D eigenvalue weighted by molar-refractivity contribution is -0.121.